The normalized spacial score (nSPS) is 26.9. The molecule has 3 nitrogen and oxygen atoms in total. The van der Waals surface area contributed by atoms with Crippen molar-refractivity contribution >= 4 is 5.91 Å². The van der Waals surface area contributed by atoms with Gasteiger partial charge in [-0.05, 0) is 50.6 Å². The predicted octanol–water partition coefficient (Wildman–Crippen LogP) is 2.41. The fourth-order valence-electron chi connectivity index (χ4n) is 3.27. The van der Waals surface area contributed by atoms with Gasteiger partial charge in [0, 0.05) is 13.1 Å². The molecule has 0 aromatic rings. The molecule has 104 valence electrons. The molecule has 0 bridgehead atoms. The lowest BCUT2D eigenvalue weighted by atomic mass is 9.74. The van der Waals surface area contributed by atoms with E-state index in [0.717, 1.165) is 58.3 Å². The molecule has 0 spiro atoms. The van der Waals surface area contributed by atoms with Crippen LogP contribution in [0.1, 0.15) is 52.9 Å². The average Bonchev–Trinajstić information content (AvgIpc) is 2.39. The largest absolute Gasteiger partial charge is 0.342 e. The van der Waals surface area contributed by atoms with Gasteiger partial charge in [0.1, 0.15) is 0 Å². The van der Waals surface area contributed by atoms with Gasteiger partial charge in [-0.15, -0.1) is 0 Å². The molecule has 3 heteroatoms. The Bertz CT molecular complexity index is 296. The van der Waals surface area contributed by atoms with Crippen LogP contribution in [0, 0.1) is 10.8 Å². The second-order valence-corrected chi connectivity index (χ2v) is 6.84. The lowest BCUT2D eigenvalue weighted by Gasteiger charge is -2.43. The summed E-state index contributed by atoms with van der Waals surface area (Å²) in [5.74, 6) is 0.432. The highest BCUT2D eigenvalue weighted by atomic mass is 16.2. The lowest BCUT2D eigenvalue weighted by molar-refractivity contribution is -0.146. The van der Waals surface area contributed by atoms with Gasteiger partial charge in [-0.2, -0.15) is 0 Å². The Hall–Kier alpha value is -0.570. The SMILES string of the molecule is CCC1(C(=O)N2CCC(C)(C)CC2)CCNCC1. The summed E-state index contributed by atoms with van der Waals surface area (Å²) in [4.78, 5) is 15.0. The van der Waals surface area contributed by atoms with Gasteiger partial charge in [0.2, 0.25) is 5.91 Å². The standard InChI is InChI=1S/C15H28N2O/c1-4-15(5-9-16-10-6-15)13(18)17-11-7-14(2,3)8-12-17/h16H,4-12H2,1-3H3. The Balaban J connectivity index is 2.01. The van der Waals surface area contributed by atoms with Crippen LogP contribution in [0.25, 0.3) is 0 Å². The van der Waals surface area contributed by atoms with Gasteiger partial charge in [-0.25, -0.2) is 0 Å². The number of nitrogens with one attached hydrogen (secondary N) is 1. The molecular formula is C15H28N2O. The first-order chi connectivity index (χ1) is 8.49. The molecular weight excluding hydrogens is 224 g/mol. The number of carbonyl (C=O) groups is 1. The van der Waals surface area contributed by atoms with Crippen molar-refractivity contribution in [1.82, 2.24) is 10.2 Å². The van der Waals surface area contributed by atoms with Gasteiger partial charge < -0.3 is 10.2 Å². The third-order valence-electron chi connectivity index (χ3n) is 5.10. The number of piperidine rings is 2. The molecule has 2 rings (SSSR count). The highest BCUT2D eigenvalue weighted by molar-refractivity contribution is 5.83. The zero-order valence-electron chi connectivity index (χ0n) is 12.2. The Morgan fingerprint density at radius 3 is 2.17 bits per heavy atom. The van der Waals surface area contributed by atoms with Crippen molar-refractivity contribution in [3.05, 3.63) is 0 Å². The minimum Gasteiger partial charge on any atom is -0.342 e. The molecule has 2 aliphatic heterocycles. The minimum atomic E-state index is -0.0628. The molecule has 0 aromatic heterocycles. The Kier molecular flexibility index (Phi) is 4.00. The van der Waals surface area contributed by atoms with Crippen LogP contribution in [0.15, 0.2) is 0 Å². The summed E-state index contributed by atoms with van der Waals surface area (Å²) >= 11 is 0. The van der Waals surface area contributed by atoms with Gasteiger partial charge in [-0.1, -0.05) is 20.8 Å². The lowest BCUT2D eigenvalue weighted by Crippen LogP contribution is -2.51. The molecule has 0 radical (unpaired) electrons. The summed E-state index contributed by atoms with van der Waals surface area (Å²) in [6, 6.07) is 0. The van der Waals surface area contributed by atoms with E-state index in [1.807, 2.05) is 0 Å². The summed E-state index contributed by atoms with van der Waals surface area (Å²) < 4.78 is 0. The highest BCUT2D eigenvalue weighted by Crippen LogP contribution is 2.37. The molecule has 18 heavy (non-hydrogen) atoms. The molecule has 0 aromatic carbocycles. The van der Waals surface area contributed by atoms with E-state index in [2.05, 4.69) is 31.0 Å². The van der Waals surface area contributed by atoms with Gasteiger partial charge in [0.05, 0.1) is 5.41 Å². The van der Waals surface area contributed by atoms with E-state index in [-0.39, 0.29) is 5.41 Å². The van der Waals surface area contributed by atoms with Crippen molar-refractivity contribution in [3.8, 4) is 0 Å². The van der Waals surface area contributed by atoms with Crippen LogP contribution in [-0.4, -0.2) is 37.0 Å². The Morgan fingerprint density at radius 2 is 1.67 bits per heavy atom. The van der Waals surface area contributed by atoms with Crippen molar-refractivity contribution < 1.29 is 4.79 Å². The summed E-state index contributed by atoms with van der Waals surface area (Å²) in [5, 5.41) is 3.37. The van der Waals surface area contributed by atoms with Crippen molar-refractivity contribution in [2.75, 3.05) is 26.2 Å². The number of nitrogens with zero attached hydrogens (tertiary/aromatic N) is 1. The van der Waals surface area contributed by atoms with Crippen LogP contribution < -0.4 is 5.32 Å². The number of hydrogen-bond donors (Lipinski definition) is 1. The van der Waals surface area contributed by atoms with Crippen LogP contribution in [0.5, 0.6) is 0 Å². The van der Waals surface area contributed by atoms with Gasteiger partial charge in [-0.3, -0.25) is 4.79 Å². The van der Waals surface area contributed by atoms with Crippen LogP contribution in [0.2, 0.25) is 0 Å². The van der Waals surface area contributed by atoms with E-state index in [0.29, 0.717) is 11.3 Å². The minimum absolute atomic E-state index is 0.0628. The third kappa shape index (κ3) is 2.71. The van der Waals surface area contributed by atoms with Gasteiger partial charge in [0.25, 0.3) is 0 Å². The fourth-order valence-corrected chi connectivity index (χ4v) is 3.27. The second-order valence-electron chi connectivity index (χ2n) is 6.84. The molecule has 0 aliphatic carbocycles. The molecule has 2 aliphatic rings. The van der Waals surface area contributed by atoms with Crippen molar-refractivity contribution in [1.29, 1.82) is 0 Å². The van der Waals surface area contributed by atoms with E-state index < -0.39 is 0 Å². The molecule has 2 heterocycles. The van der Waals surface area contributed by atoms with Crippen molar-refractivity contribution in [3.63, 3.8) is 0 Å². The van der Waals surface area contributed by atoms with Gasteiger partial charge >= 0.3 is 0 Å². The number of likely N-dealkylation sites (tertiary alicyclic amines) is 1. The molecule has 0 unspecified atom stereocenters. The summed E-state index contributed by atoms with van der Waals surface area (Å²) in [7, 11) is 0. The van der Waals surface area contributed by atoms with Crippen LogP contribution in [0.4, 0.5) is 0 Å². The number of amides is 1. The summed E-state index contributed by atoms with van der Waals surface area (Å²) in [6.07, 6.45) is 5.32. The molecule has 2 saturated heterocycles. The number of hydrogen-bond acceptors (Lipinski definition) is 2. The number of carbonyl (C=O) groups excluding carboxylic acids is 1. The average molecular weight is 252 g/mol. The summed E-state index contributed by atoms with van der Waals surface area (Å²) in [5.41, 5.74) is 0.358. The van der Waals surface area contributed by atoms with Crippen molar-refractivity contribution in [2.24, 2.45) is 10.8 Å². The van der Waals surface area contributed by atoms with Gasteiger partial charge in [0.15, 0.2) is 0 Å². The van der Waals surface area contributed by atoms with E-state index in [9.17, 15) is 4.79 Å². The molecule has 0 atom stereocenters. The maximum absolute atomic E-state index is 12.8. The molecule has 1 N–H and O–H groups in total. The predicted molar refractivity (Wildman–Crippen MR) is 74.4 cm³/mol. The van der Waals surface area contributed by atoms with E-state index in [1.54, 1.807) is 0 Å². The second kappa shape index (κ2) is 5.20. The van der Waals surface area contributed by atoms with Crippen molar-refractivity contribution in [2.45, 2.75) is 52.9 Å². The highest BCUT2D eigenvalue weighted by Gasteiger charge is 2.41. The zero-order valence-corrected chi connectivity index (χ0v) is 12.2. The maximum Gasteiger partial charge on any atom is 0.228 e. The Morgan fingerprint density at radius 1 is 1.11 bits per heavy atom. The van der Waals surface area contributed by atoms with E-state index in [1.165, 1.54) is 0 Å². The monoisotopic (exact) mass is 252 g/mol. The molecule has 1 amide bonds. The smallest absolute Gasteiger partial charge is 0.228 e. The first-order valence-corrected chi connectivity index (χ1v) is 7.49. The zero-order chi connectivity index (χ0) is 13.2. The first kappa shape index (κ1) is 13.9. The summed E-state index contributed by atoms with van der Waals surface area (Å²) in [6.45, 7) is 10.7. The molecule has 0 saturated carbocycles. The van der Waals surface area contributed by atoms with E-state index >= 15 is 0 Å². The van der Waals surface area contributed by atoms with Crippen LogP contribution in [-0.2, 0) is 4.79 Å². The third-order valence-corrected chi connectivity index (χ3v) is 5.10. The fraction of sp³-hybridized carbons (Fsp3) is 0.933. The number of rotatable bonds is 2. The van der Waals surface area contributed by atoms with Crippen LogP contribution in [0.3, 0.4) is 0 Å². The Labute approximate surface area is 111 Å². The van der Waals surface area contributed by atoms with E-state index in [4.69, 9.17) is 0 Å². The quantitative estimate of drug-likeness (QED) is 0.818. The maximum atomic E-state index is 12.8. The van der Waals surface area contributed by atoms with Crippen LogP contribution >= 0.6 is 0 Å². The molecule has 2 fully saturated rings. The topological polar surface area (TPSA) is 32.3 Å². The first-order valence-electron chi connectivity index (χ1n) is 7.49.